The third kappa shape index (κ3) is 3.32. The molecule has 1 aromatic rings. The summed E-state index contributed by atoms with van der Waals surface area (Å²) in [4.78, 5) is 14.6. The van der Waals surface area contributed by atoms with Gasteiger partial charge in [-0.05, 0) is 11.1 Å². The molecule has 0 unspecified atom stereocenters. The molecule has 3 N–H and O–H groups in total. The molecule has 1 amide bonds. The number of carbonyl (C=O) groups excluding carboxylic acids is 1. The van der Waals surface area contributed by atoms with Crippen LogP contribution in [0.3, 0.4) is 0 Å². The number of benzene rings is 1. The zero-order valence-corrected chi connectivity index (χ0v) is 11.2. The number of ether oxygens (including phenoxy) is 1. The standard InChI is InChI=1S/C13H16N4O4/c14-17-16-7-10-11(18)13(20,8-21-10)12(19)15-6-9-4-2-1-3-5-9/h1-5,10-11,18,20H,6-8H2,(H,15,19)/t10-,11+,13+/m0/s1. The van der Waals surface area contributed by atoms with E-state index in [0.29, 0.717) is 0 Å². The molecule has 0 spiro atoms. The summed E-state index contributed by atoms with van der Waals surface area (Å²) in [6.45, 7) is -0.262. The highest BCUT2D eigenvalue weighted by Crippen LogP contribution is 2.25. The summed E-state index contributed by atoms with van der Waals surface area (Å²) in [6.07, 6.45) is -2.34. The Morgan fingerprint density at radius 3 is 2.90 bits per heavy atom. The van der Waals surface area contributed by atoms with Crippen LogP contribution in [0.5, 0.6) is 0 Å². The minimum absolute atomic E-state index is 0.147. The fourth-order valence-electron chi connectivity index (χ4n) is 2.12. The molecule has 0 aliphatic carbocycles. The predicted octanol–water partition coefficient (Wildman–Crippen LogP) is 0.104. The van der Waals surface area contributed by atoms with Crippen molar-refractivity contribution in [2.24, 2.45) is 5.11 Å². The smallest absolute Gasteiger partial charge is 0.257 e. The van der Waals surface area contributed by atoms with E-state index in [-0.39, 0.29) is 19.7 Å². The second-order valence-electron chi connectivity index (χ2n) is 4.80. The summed E-state index contributed by atoms with van der Waals surface area (Å²) in [5.41, 5.74) is 7.07. The van der Waals surface area contributed by atoms with Gasteiger partial charge in [0.2, 0.25) is 0 Å². The molecule has 0 bridgehead atoms. The van der Waals surface area contributed by atoms with Crippen LogP contribution < -0.4 is 5.32 Å². The first-order valence-corrected chi connectivity index (χ1v) is 6.43. The number of aliphatic hydroxyl groups excluding tert-OH is 1. The lowest BCUT2D eigenvalue weighted by molar-refractivity contribution is -0.148. The fraction of sp³-hybridized carbons (Fsp3) is 0.462. The van der Waals surface area contributed by atoms with E-state index in [1.807, 2.05) is 30.3 Å². The maximum absolute atomic E-state index is 12.1. The molecular formula is C13H16N4O4. The lowest BCUT2D eigenvalue weighted by Gasteiger charge is -2.24. The number of hydrogen-bond donors (Lipinski definition) is 3. The Bertz CT molecular complexity index is 546. The highest BCUT2D eigenvalue weighted by atomic mass is 16.5. The zero-order chi connectivity index (χ0) is 15.3. The number of rotatable bonds is 5. The van der Waals surface area contributed by atoms with Crippen LogP contribution >= 0.6 is 0 Å². The molecule has 1 aromatic carbocycles. The summed E-state index contributed by atoms with van der Waals surface area (Å²) >= 11 is 0. The predicted molar refractivity (Wildman–Crippen MR) is 73.0 cm³/mol. The van der Waals surface area contributed by atoms with Crippen LogP contribution in [0.1, 0.15) is 5.56 Å². The highest BCUT2D eigenvalue weighted by Gasteiger charge is 2.52. The Hall–Kier alpha value is -2.12. The maximum Gasteiger partial charge on any atom is 0.257 e. The van der Waals surface area contributed by atoms with Crippen molar-refractivity contribution in [2.45, 2.75) is 24.4 Å². The number of nitrogens with one attached hydrogen (secondary N) is 1. The van der Waals surface area contributed by atoms with Crippen molar-refractivity contribution in [1.29, 1.82) is 0 Å². The average Bonchev–Trinajstić information content (AvgIpc) is 2.81. The van der Waals surface area contributed by atoms with Gasteiger partial charge in [0.05, 0.1) is 19.3 Å². The topological polar surface area (TPSA) is 128 Å². The first-order valence-electron chi connectivity index (χ1n) is 6.43. The SMILES string of the molecule is [N-]=[N+]=NC[C@@H]1OC[C@](O)(C(=O)NCc2ccccc2)[C@@H]1O. The number of nitrogens with zero attached hydrogens (tertiary/aromatic N) is 3. The molecule has 2 rings (SSSR count). The van der Waals surface area contributed by atoms with Crippen LogP contribution in [0.25, 0.3) is 10.4 Å². The Balaban J connectivity index is 1.96. The normalized spacial score (nSPS) is 27.9. The van der Waals surface area contributed by atoms with Crippen molar-refractivity contribution < 1.29 is 19.7 Å². The second-order valence-corrected chi connectivity index (χ2v) is 4.80. The number of amides is 1. The van der Waals surface area contributed by atoms with E-state index in [2.05, 4.69) is 15.3 Å². The summed E-state index contributed by atoms with van der Waals surface area (Å²) in [7, 11) is 0. The van der Waals surface area contributed by atoms with E-state index in [0.717, 1.165) is 5.56 Å². The van der Waals surface area contributed by atoms with Gasteiger partial charge >= 0.3 is 0 Å². The molecule has 8 nitrogen and oxygen atoms in total. The first-order chi connectivity index (χ1) is 10.1. The lowest BCUT2D eigenvalue weighted by Crippen LogP contribution is -2.55. The molecule has 1 fully saturated rings. The minimum atomic E-state index is -2.04. The van der Waals surface area contributed by atoms with Gasteiger partial charge in [-0.25, -0.2) is 0 Å². The molecule has 1 aliphatic heterocycles. The molecule has 0 radical (unpaired) electrons. The maximum atomic E-state index is 12.1. The third-order valence-electron chi connectivity index (χ3n) is 3.37. The molecule has 112 valence electrons. The molecule has 1 saturated heterocycles. The summed E-state index contributed by atoms with van der Waals surface area (Å²) < 4.78 is 5.13. The number of azide groups is 1. The van der Waals surface area contributed by atoms with Crippen molar-refractivity contribution in [3.63, 3.8) is 0 Å². The van der Waals surface area contributed by atoms with Crippen molar-refractivity contribution in [1.82, 2.24) is 5.32 Å². The van der Waals surface area contributed by atoms with E-state index in [9.17, 15) is 15.0 Å². The van der Waals surface area contributed by atoms with E-state index in [1.54, 1.807) is 0 Å². The molecule has 3 atom stereocenters. The van der Waals surface area contributed by atoms with Crippen LogP contribution in [-0.4, -0.2) is 47.1 Å². The zero-order valence-electron chi connectivity index (χ0n) is 11.2. The number of aliphatic hydroxyl groups is 2. The van der Waals surface area contributed by atoms with Crippen LogP contribution in [0, 0.1) is 0 Å². The van der Waals surface area contributed by atoms with Crippen LogP contribution in [-0.2, 0) is 16.1 Å². The van der Waals surface area contributed by atoms with Gasteiger partial charge in [-0.1, -0.05) is 35.4 Å². The van der Waals surface area contributed by atoms with E-state index in [4.69, 9.17) is 10.3 Å². The molecule has 0 aromatic heterocycles. The van der Waals surface area contributed by atoms with Gasteiger partial charge in [0.25, 0.3) is 5.91 Å². The van der Waals surface area contributed by atoms with Crippen molar-refractivity contribution in [3.05, 3.63) is 46.3 Å². The minimum Gasteiger partial charge on any atom is -0.387 e. The second kappa shape index (κ2) is 6.55. The van der Waals surface area contributed by atoms with Gasteiger partial charge in [-0.15, -0.1) is 0 Å². The first kappa shape index (κ1) is 15.3. The summed E-state index contributed by atoms with van der Waals surface area (Å²) in [5.74, 6) is -0.720. The van der Waals surface area contributed by atoms with Crippen LogP contribution in [0.2, 0.25) is 0 Å². The Morgan fingerprint density at radius 2 is 2.24 bits per heavy atom. The van der Waals surface area contributed by atoms with E-state index in [1.165, 1.54) is 0 Å². The summed E-state index contributed by atoms with van der Waals surface area (Å²) in [6, 6.07) is 9.18. The van der Waals surface area contributed by atoms with Crippen LogP contribution in [0.4, 0.5) is 0 Å². The van der Waals surface area contributed by atoms with Gasteiger partial charge in [-0.3, -0.25) is 4.79 Å². The number of carbonyl (C=O) groups is 1. The Morgan fingerprint density at radius 1 is 1.52 bits per heavy atom. The summed E-state index contributed by atoms with van der Waals surface area (Å²) in [5, 5.41) is 26.1. The van der Waals surface area contributed by atoms with Crippen molar-refractivity contribution in [2.75, 3.05) is 13.2 Å². The van der Waals surface area contributed by atoms with Gasteiger partial charge in [0.1, 0.15) is 6.10 Å². The number of hydrogen-bond acceptors (Lipinski definition) is 5. The fourth-order valence-corrected chi connectivity index (χ4v) is 2.12. The van der Waals surface area contributed by atoms with Crippen molar-refractivity contribution >= 4 is 5.91 Å². The van der Waals surface area contributed by atoms with Crippen LogP contribution in [0.15, 0.2) is 35.4 Å². The van der Waals surface area contributed by atoms with Gasteiger partial charge in [0.15, 0.2) is 5.60 Å². The molecule has 0 saturated carbocycles. The Kier molecular flexibility index (Phi) is 4.77. The largest absolute Gasteiger partial charge is 0.387 e. The quantitative estimate of drug-likeness (QED) is 0.404. The molecular weight excluding hydrogens is 276 g/mol. The highest BCUT2D eigenvalue weighted by molar-refractivity contribution is 5.86. The van der Waals surface area contributed by atoms with Gasteiger partial charge in [0, 0.05) is 11.5 Å². The van der Waals surface area contributed by atoms with Gasteiger partial charge < -0.3 is 20.3 Å². The van der Waals surface area contributed by atoms with Gasteiger partial charge in [-0.2, -0.15) is 0 Å². The molecule has 21 heavy (non-hydrogen) atoms. The molecule has 1 aliphatic rings. The Labute approximate surface area is 121 Å². The monoisotopic (exact) mass is 292 g/mol. The molecule has 8 heteroatoms. The van der Waals surface area contributed by atoms with Crippen molar-refractivity contribution in [3.8, 4) is 0 Å². The van der Waals surface area contributed by atoms with E-state index >= 15 is 0 Å². The van der Waals surface area contributed by atoms with E-state index < -0.39 is 23.7 Å². The third-order valence-corrected chi connectivity index (χ3v) is 3.37. The lowest BCUT2D eigenvalue weighted by atomic mass is 9.95. The molecule has 1 heterocycles. The average molecular weight is 292 g/mol.